The third-order valence-corrected chi connectivity index (χ3v) is 3.47. The number of carbonyl (C=O) groups is 2. The van der Waals surface area contributed by atoms with Gasteiger partial charge in [0.1, 0.15) is 0 Å². The molecule has 0 heterocycles. The van der Waals surface area contributed by atoms with Crippen molar-refractivity contribution in [2.24, 2.45) is 0 Å². The number of amides is 1. The van der Waals surface area contributed by atoms with Crippen molar-refractivity contribution in [1.29, 1.82) is 0 Å². The third kappa shape index (κ3) is 4.47. The Labute approximate surface area is 139 Å². The Morgan fingerprint density at radius 1 is 1.17 bits per heavy atom. The highest BCUT2D eigenvalue weighted by Crippen LogP contribution is 2.19. The smallest absolute Gasteiger partial charge is 0.340 e. The van der Waals surface area contributed by atoms with E-state index >= 15 is 0 Å². The summed E-state index contributed by atoms with van der Waals surface area (Å²) in [5.41, 5.74) is 8.71. The number of esters is 1. The first-order chi connectivity index (χ1) is 10.9. The molecule has 0 aliphatic heterocycles. The Hall–Kier alpha value is -2.53. The standard InChI is InChI=1S/C17H17ClN2O3/c1-10-3-4-11(2)15(7-10)20-16(21)9-23-17(22)13-8-12(18)5-6-14(13)19/h3-8H,9,19H2,1-2H3,(H,20,21). The van der Waals surface area contributed by atoms with Gasteiger partial charge in [-0.25, -0.2) is 4.79 Å². The van der Waals surface area contributed by atoms with Gasteiger partial charge < -0.3 is 15.8 Å². The largest absolute Gasteiger partial charge is 0.452 e. The van der Waals surface area contributed by atoms with Crippen LogP contribution in [0, 0.1) is 13.8 Å². The predicted molar refractivity (Wildman–Crippen MR) is 90.7 cm³/mol. The molecule has 120 valence electrons. The Kier molecular flexibility index (Phi) is 5.24. The van der Waals surface area contributed by atoms with E-state index in [9.17, 15) is 9.59 Å². The van der Waals surface area contributed by atoms with Crippen LogP contribution in [0.2, 0.25) is 5.02 Å². The van der Waals surface area contributed by atoms with Crippen LogP contribution < -0.4 is 11.1 Å². The first kappa shape index (κ1) is 16.8. The molecule has 2 aromatic carbocycles. The molecule has 0 radical (unpaired) electrons. The van der Waals surface area contributed by atoms with Gasteiger partial charge in [-0.2, -0.15) is 0 Å². The van der Waals surface area contributed by atoms with Crippen LogP contribution >= 0.6 is 11.6 Å². The van der Waals surface area contributed by atoms with Gasteiger partial charge >= 0.3 is 5.97 Å². The summed E-state index contributed by atoms with van der Waals surface area (Å²) in [5.74, 6) is -1.12. The summed E-state index contributed by atoms with van der Waals surface area (Å²) >= 11 is 5.82. The van der Waals surface area contributed by atoms with Crippen LogP contribution in [0.25, 0.3) is 0 Å². The first-order valence-corrected chi connectivity index (χ1v) is 7.34. The summed E-state index contributed by atoms with van der Waals surface area (Å²) in [6, 6.07) is 10.2. The number of anilines is 2. The van der Waals surface area contributed by atoms with Crippen LogP contribution in [-0.4, -0.2) is 18.5 Å². The number of rotatable bonds is 4. The van der Waals surface area contributed by atoms with Gasteiger partial charge in [0.05, 0.1) is 5.56 Å². The molecule has 0 spiro atoms. The molecule has 0 aliphatic carbocycles. The maximum Gasteiger partial charge on any atom is 0.340 e. The molecule has 2 rings (SSSR count). The molecule has 0 aromatic heterocycles. The Morgan fingerprint density at radius 2 is 1.91 bits per heavy atom. The fraction of sp³-hybridized carbons (Fsp3) is 0.176. The first-order valence-electron chi connectivity index (χ1n) is 6.96. The van der Waals surface area contributed by atoms with E-state index in [4.69, 9.17) is 22.1 Å². The zero-order chi connectivity index (χ0) is 17.0. The normalized spacial score (nSPS) is 10.2. The van der Waals surface area contributed by atoms with E-state index in [1.165, 1.54) is 12.1 Å². The molecule has 0 saturated carbocycles. The van der Waals surface area contributed by atoms with Crippen molar-refractivity contribution in [2.75, 3.05) is 17.7 Å². The van der Waals surface area contributed by atoms with E-state index in [2.05, 4.69) is 5.32 Å². The molecule has 6 heteroatoms. The van der Waals surface area contributed by atoms with Gasteiger partial charge in [0, 0.05) is 16.4 Å². The number of aryl methyl sites for hydroxylation is 2. The van der Waals surface area contributed by atoms with Crippen molar-refractivity contribution < 1.29 is 14.3 Å². The SMILES string of the molecule is Cc1ccc(C)c(NC(=O)COC(=O)c2cc(Cl)ccc2N)c1. The van der Waals surface area contributed by atoms with Crippen molar-refractivity contribution >= 4 is 34.9 Å². The van der Waals surface area contributed by atoms with Gasteiger partial charge in [-0.3, -0.25) is 4.79 Å². The molecule has 0 fully saturated rings. The Morgan fingerprint density at radius 3 is 2.65 bits per heavy atom. The number of hydrogen-bond donors (Lipinski definition) is 2. The Balaban J connectivity index is 1.97. The lowest BCUT2D eigenvalue weighted by molar-refractivity contribution is -0.119. The predicted octanol–water partition coefficient (Wildman–Crippen LogP) is 3.33. The fourth-order valence-corrected chi connectivity index (χ4v) is 2.14. The van der Waals surface area contributed by atoms with E-state index in [-0.39, 0.29) is 11.3 Å². The number of ether oxygens (including phenoxy) is 1. The zero-order valence-corrected chi connectivity index (χ0v) is 13.6. The number of hydrogen-bond acceptors (Lipinski definition) is 4. The summed E-state index contributed by atoms with van der Waals surface area (Å²) in [4.78, 5) is 23.9. The average molecular weight is 333 g/mol. The lowest BCUT2D eigenvalue weighted by atomic mass is 10.1. The van der Waals surface area contributed by atoms with Crippen molar-refractivity contribution in [1.82, 2.24) is 0 Å². The molecule has 1 amide bonds. The second kappa shape index (κ2) is 7.15. The number of carbonyl (C=O) groups excluding carboxylic acids is 2. The molecule has 0 bridgehead atoms. The van der Waals surface area contributed by atoms with Gasteiger partial charge in [-0.1, -0.05) is 23.7 Å². The fourth-order valence-electron chi connectivity index (χ4n) is 1.97. The van der Waals surface area contributed by atoms with Crippen LogP contribution in [0.4, 0.5) is 11.4 Å². The molecule has 0 aliphatic rings. The summed E-state index contributed by atoms with van der Waals surface area (Å²) in [6.07, 6.45) is 0. The second-order valence-electron chi connectivity index (χ2n) is 5.17. The lowest BCUT2D eigenvalue weighted by Gasteiger charge is -2.10. The number of benzene rings is 2. The summed E-state index contributed by atoms with van der Waals surface area (Å²) < 4.78 is 4.98. The van der Waals surface area contributed by atoms with Gasteiger partial charge in [-0.15, -0.1) is 0 Å². The van der Waals surface area contributed by atoms with Crippen LogP contribution in [0.3, 0.4) is 0 Å². The summed E-state index contributed by atoms with van der Waals surface area (Å²) in [5, 5.41) is 3.08. The van der Waals surface area contributed by atoms with Crippen molar-refractivity contribution in [3.05, 3.63) is 58.1 Å². The molecular weight excluding hydrogens is 316 g/mol. The van der Waals surface area contributed by atoms with Crippen LogP contribution in [0.5, 0.6) is 0 Å². The highest BCUT2D eigenvalue weighted by molar-refractivity contribution is 6.31. The number of nitrogens with two attached hydrogens (primary N) is 1. The van der Waals surface area contributed by atoms with Gasteiger partial charge in [-0.05, 0) is 49.2 Å². The van der Waals surface area contributed by atoms with E-state index in [1.54, 1.807) is 6.07 Å². The van der Waals surface area contributed by atoms with Gasteiger partial charge in [0.2, 0.25) is 0 Å². The van der Waals surface area contributed by atoms with Crippen molar-refractivity contribution in [3.63, 3.8) is 0 Å². The molecular formula is C17H17ClN2O3. The average Bonchev–Trinajstić information content (AvgIpc) is 2.51. The molecule has 3 N–H and O–H groups in total. The molecule has 0 atom stereocenters. The minimum absolute atomic E-state index is 0.136. The third-order valence-electron chi connectivity index (χ3n) is 3.24. The Bertz CT molecular complexity index is 759. The topological polar surface area (TPSA) is 81.4 Å². The van der Waals surface area contributed by atoms with Crippen molar-refractivity contribution in [2.45, 2.75) is 13.8 Å². The number of nitrogens with one attached hydrogen (secondary N) is 1. The van der Waals surface area contributed by atoms with Crippen LogP contribution in [0.1, 0.15) is 21.5 Å². The highest BCUT2D eigenvalue weighted by Gasteiger charge is 2.14. The van der Waals surface area contributed by atoms with Gasteiger partial charge in [0.25, 0.3) is 5.91 Å². The molecule has 23 heavy (non-hydrogen) atoms. The minimum atomic E-state index is -0.693. The second-order valence-corrected chi connectivity index (χ2v) is 5.61. The quantitative estimate of drug-likeness (QED) is 0.664. The molecule has 5 nitrogen and oxygen atoms in total. The van der Waals surface area contributed by atoms with E-state index in [1.807, 2.05) is 32.0 Å². The molecule has 2 aromatic rings. The zero-order valence-electron chi connectivity index (χ0n) is 12.9. The molecule has 0 unspecified atom stereocenters. The van der Waals surface area contributed by atoms with Gasteiger partial charge in [0.15, 0.2) is 6.61 Å². The number of nitrogen functional groups attached to an aromatic ring is 1. The van der Waals surface area contributed by atoms with E-state index < -0.39 is 18.5 Å². The minimum Gasteiger partial charge on any atom is -0.452 e. The number of halogens is 1. The van der Waals surface area contributed by atoms with E-state index in [0.717, 1.165) is 11.1 Å². The monoisotopic (exact) mass is 332 g/mol. The lowest BCUT2D eigenvalue weighted by Crippen LogP contribution is -2.21. The van der Waals surface area contributed by atoms with E-state index in [0.29, 0.717) is 10.7 Å². The molecule has 0 saturated heterocycles. The van der Waals surface area contributed by atoms with Crippen LogP contribution in [0.15, 0.2) is 36.4 Å². The maximum atomic E-state index is 12.0. The summed E-state index contributed by atoms with van der Waals surface area (Å²) in [7, 11) is 0. The summed E-state index contributed by atoms with van der Waals surface area (Å²) in [6.45, 7) is 3.41. The maximum absolute atomic E-state index is 12.0. The van der Waals surface area contributed by atoms with Crippen LogP contribution in [-0.2, 0) is 9.53 Å². The highest BCUT2D eigenvalue weighted by atomic mass is 35.5. The van der Waals surface area contributed by atoms with Crippen molar-refractivity contribution in [3.8, 4) is 0 Å².